The van der Waals surface area contributed by atoms with E-state index in [4.69, 9.17) is 69.5 Å². The molecule has 0 radical (unpaired) electrons. The minimum atomic E-state index is -0.363. The molecule has 10 heteroatoms. The predicted molar refractivity (Wildman–Crippen MR) is 85.2 cm³/mol. The Morgan fingerprint density at radius 3 is 1.40 bits per heavy atom. The topological polar surface area (TPSA) is 84.3 Å². The number of benzene rings is 1. The smallest absolute Gasteiger partial charge is 1.00 e. The number of aromatic hydroxyl groups is 1. The van der Waals surface area contributed by atoms with Crippen molar-refractivity contribution in [2.24, 2.45) is 11.5 Å². The van der Waals surface area contributed by atoms with E-state index in [1.165, 1.54) is 0 Å². The van der Waals surface area contributed by atoms with E-state index in [1.54, 1.807) is 0 Å². The Balaban J connectivity index is -0.000000317. The first-order valence-electron chi connectivity index (χ1n) is 5.19. The van der Waals surface area contributed by atoms with Crippen LogP contribution in [0.1, 0.15) is 1.43 Å². The van der Waals surface area contributed by atoms with Crippen molar-refractivity contribution >= 4 is 58.0 Å². The van der Waals surface area contributed by atoms with Crippen LogP contribution in [0.2, 0.25) is 25.1 Å². The molecule has 0 aromatic heterocycles. The molecule has 0 spiro atoms. The second-order valence-electron chi connectivity index (χ2n) is 3.25. The summed E-state index contributed by atoms with van der Waals surface area (Å²) in [6, 6.07) is 0. The van der Waals surface area contributed by atoms with Crippen molar-refractivity contribution in [2.45, 2.75) is 0 Å². The molecule has 0 saturated heterocycles. The van der Waals surface area contributed by atoms with Crippen LogP contribution in [-0.4, -0.2) is 31.3 Å². The zero-order valence-corrected chi connectivity index (χ0v) is 17.7. The van der Waals surface area contributed by atoms with Crippen molar-refractivity contribution in [1.82, 2.24) is 5.32 Å². The zero-order chi connectivity index (χ0) is 15.0. The average Bonchev–Trinajstić information content (AvgIpc) is 2.42. The van der Waals surface area contributed by atoms with Gasteiger partial charge in [-0.3, -0.25) is 0 Å². The summed E-state index contributed by atoms with van der Waals surface area (Å²) in [5.74, 6) is -0.363. The summed E-state index contributed by atoms with van der Waals surface area (Å²) in [6.07, 6.45) is 0. The van der Waals surface area contributed by atoms with Gasteiger partial charge >= 0.3 is 51.4 Å². The van der Waals surface area contributed by atoms with E-state index in [-0.39, 0.29) is 83.7 Å². The molecule has 4 nitrogen and oxygen atoms in total. The van der Waals surface area contributed by atoms with Gasteiger partial charge in [0.25, 0.3) is 0 Å². The van der Waals surface area contributed by atoms with Crippen LogP contribution in [-0.2, 0) is 0 Å². The third kappa shape index (κ3) is 8.01. The van der Waals surface area contributed by atoms with Gasteiger partial charge in [0, 0.05) is 26.2 Å². The molecule has 0 atom stereocenters. The van der Waals surface area contributed by atoms with E-state index in [0.29, 0.717) is 13.1 Å². The monoisotopic (exact) mass is 407 g/mol. The quantitative estimate of drug-likeness (QED) is 0.249. The van der Waals surface area contributed by atoms with Crippen LogP contribution >= 0.6 is 58.0 Å². The Morgan fingerprint density at radius 1 is 0.800 bits per heavy atom. The predicted octanol–water partition coefficient (Wildman–Crippen LogP) is 0.269. The minimum Gasteiger partial charge on any atom is -1.00 e. The zero-order valence-electron chi connectivity index (χ0n) is 11.8. The van der Waals surface area contributed by atoms with E-state index < -0.39 is 0 Å². The van der Waals surface area contributed by atoms with Crippen molar-refractivity contribution in [1.29, 1.82) is 0 Å². The summed E-state index contributed by atoms with van der Waals surface area (Å²) in [7, 11) is 0. The van der Waals surface area contributed by atoms with Crippen LogP contribution in [0.5, 0.6) is 5.75 Å². The normalized spacial score (nSPS) is 9.55. The maximum atomic E-state index is 9.20. The molecule has 0 aliphatic rings. The largest absolute Gasteiger partial charge is 1.00 e. The summed E-state index contributed by atoms with van der Waals surface area (Å²) in [4.78, 5) is 0. The summed E-state index contributed by atoms with van der Waals surface area (Å²) in [6.45, 7) is 3.13. The molecule has 0 aliphatic carbocycles. The molecule has 20 heavy (non-hydrogen) atoms. The molecule has 0 saturated carbocycles. The first kappa shape index (κ1) is 24.2. The van der Waals surface area contributed by atoms with Crippen molar-refractivity contribution < 1.29 is 57.9 Å². The fourth-order valence-corrected chi connectivity index (χ4v) is 2.05. The van der Waals surface area contributed by atoms with Gasteiger partial charge in [0.05, 0.1) is 15.1 Å². The van der Waals surface area contributed by atoms with Crippen LogP contribution in [0.15, 0.2) is 0 Å². The van der Waals surface area contributed by atoms with E-state index in [0.717, 1.165) is 13.1 Å². The third-order valence-electron chi connectivity index (χ3n) is 1.83. The molecule has 1 rings (SSSR count). The first-order chi connectivity index (χ1) is 8.88. The van der Waals surface area contributed by atoms with Crippen molar-refractivity contribution in [3.8, 4) is 5.75 Å². The first-order valence-corrected chi connectivity index (χ1v) is 7.08. The number of rotatable bonds is 4. The summed E-state index contributed by atoms with van der Waals surface area (Å²) in [5.41, 5.74) is 10.3. The molecule has 112 valence electrons. The number of halogens is 5. The van der Waals surface area contributed by atoms with Crippen LogP contribution in [0.25, 0.3) is 0 Å². The molecule has 0 bridgehead atoms. The molecule has 0 amide bonds. The van der Waals surface area contributed by atoms with Gasteiger partial charge in [-0.25, -0.2) is 0 Å². The van der Waals surface area contributed by atoms with Gasteiger partial charge in [0.2, 0.25) is 0 Å². The van der Waals surface area contributed by atoms with E-state index in [2.05, 4.69) is 5.32 Å². The van der Waals surface area contributed by atoms with Crippen LogP contribution in [0.4, 0.5) is 0 Å². The molecule has 0 unspecified atom stereocenters. The van der Waals surface area contributed by atoms with Gasteiger partial charge in [-0.1, -0.05) is 58.0 Å². The summed E-state index contributed by atoms with van der Waals surface area (Å²) >= 11 is 27.9. The van der Waals surface area contributed by atoms with E-state index >= 15 is 0 Å². The van der Waals surface area contributed by atoms with Crippen molar-refractivity contribution in [3.63, 3.8) is 0 Å². The van der Waals surface area contributed by atoms with Gasteiger partial charge in [-0.2, -0.15) is 0 Å². The van der Waals surface area contributed by atoms with E-state index in [1.807, 2.05) is 0 Å². The molecule has 0 fully saturated rings. The number of nitrogens with one attached hydrogen (secondary N) is 1. The Hall–Kier alpha value is 1.99. The molecule has 1 aromatic rings. The Bertz CT molecular complexity index is 319. The fourth-order valence-electron chi connectivity index (χ4n) is 0.922. The molecular formula is C10H15Cl5KN3O. The summed E-state index contributed by atoms with van der Waals surface area (Å²) < 4.78 is 0. The van der Waals surface area contributed by atoms with Crippen LogP contribution < -0.4 is 68.2 Å². The summed E-state index contributed by atoms with van der Waals surface area (Å²) in [5, 5.41) is 12.0. The van der Waals surface area contributed by atoms with Crippen LogP contribution in [0.3, 0.4) is 0 Å². The molecule has 0 aliphatic heterocycles. The second-order valence-corrected chi connectivity index (χ2v) is 5.14. The van der Waals surface area contributed by atoms with Crippen molar-refractivity contribution in [2.75, 3.05) is 26.2 Å². The SMILES string of the molecule is NCCNCCN.Oc1c(Cl)c(Cl)c(Cl)c(Cl)c1Cl.[H-].[K+]. The Labute approximate surface area is 187 Å². The number of nitrogens with two attached hydrogens (primary N) is 2. The van der Waals surface area contributed by atoms with Gasteiger partial charge in [-0.05, 0) is 0 Å². The van der Waals surface area contributed by atoms with Gasteiger partial charge in [0.1, 0.15) is 10.0 Å². The maximum Gasteiger partial charge on any atom is 1.00 e. The van der Waals surface area contributed by atoms with Crippen LogP contribution in [0, 0.1) is 0 Å². The van der Waals surface area contributed by atoms with Gasteiger partial charge in [-0.15, -0.1) is 0 Å². The molecular weight excluding hydrogens is 394 g/mol. The Morgan fingerprint density at radius 2 is 1.10 bits per heavy atom. The van der Waals surface area contributed by atoms with E-state index in [9.17, 15) is 5.11 Å². The third-order valence-corrected chi connectivity index (χ3v) is 4.09. The number of phenolic OH excluding ortho intramolecular Hbond substituents is 1. The molecule has 1 aromatic carbocycles. The van der Waals surface area contributed by atoms with Gasteiger partial charge < -0.3 is 23.3 Å². The number of hydrogen-bond donors (Lipinski definition) is 4. The van der Waals surface area contributed by atoms with Gasteiger partial charge in [0.15, 0.2) is 5.75 Å². The second kappa shape index (κ2) is 13.4. The number of hydrogen-bond acceptors (Lipinski definition) is 4. The number of phenols is 1. The molecule has 6 N–H and O–H groups in total. The standard InChI is InChI=1S/C6HCl5O.C4H13N3.K.H/c7-1-2(8)4(10)6(12)5(11)3(1)9;5-1-3-7-4-2-6;;/h12H;7H,1-6H2;;/q;;+1;-1. The molecule has 0 heterocycles. The Kier molecular flexibility index (Phi) is 16.3. The minimum absolute atomic E-state index is 0. The fraction of sp³-hybridized carbons (Fsp3) is 0.400. The average molecular weight is 410 g/mol. The maximum absolute atomic E-state index is 9.20. The van der Waals surface area contributed by atoms with Crippen molar-refractivity contribution in [3.05, 3.63) is 25.1 Å².